The first-order valence-electron chi connectivity index (χ1n) is 4.42. The van der Waals surface area contributed by atoms with E-state index >= 15 is 0 Å². The average Bonchev–Trinajstić information content (AvgIpc) is 2.86. The molecule has 64 valence electrons. The van der Waals surface area contributed by atoms with Crippen LogP contribution in [0, 0.1) is 6.92 Å². The van der Waals surface area contributed by atoms with Crippen LogP contribution in [0.4, 0.5) is 0 Å². The molecule has 0 amide bonds. The van der Waals surface area contributed by atoms with Crippen molar-refractivity contribution in [3.63, 3.8) is 0 Å². The summed E-state index contributed by atoms with van der Waals surface area (Å²) >= 11 is 5.17. The minimum atomic E-state index is 0. The Kier molecular flexibility index (Phi) is 4.72. The summed E-state index contributed by atoms with van der Waals surface area (Å²) in [5.41, 5.74) is 3.17. The van der Waals surface area contributed by atoms with Crippen molar-refractivity contribution >= 4 is 12.6 Å². The standard InChI is InChI=1S/C11H14S.Rb/c1-9-2-4-10(5-3-9)11(8-12)6-7-11;/h2-5,12H,6-8H2,1H3;/q;+1/p-1. The van der Waals surface area contributed by atoms with Crippen molar-refractivity contribution < 1.29 is 58.2 Å². The molecule has 0 spiro atoms. The molecule has 0 atom stereocenters. The largest absolute Gasteiger partial charge is 1.00 e. The Labute approximate surface area is 135 Å². The average molecular weight is 263 g/mol. The van der Waals surface area contributed by atoms with Crippen molar-refractivity contribution in [1.29, 1.82) is 0 Å². The summed E-state index contributed by atoms with van der Waals surface area (Å²) in [5, 5.41) is 0. The van der Waals surface area contributed by atoms with Crippen LogP contribution < -0.4 is 58.2 Å². The molecular formula is C11H13RbS. The molecule has 0 radical (unpaired) electrons. The molecule has 2 heteroatoms. The fraction of sp³-hybridized carbons (Fsp3) is 0.455. The van der Waals surface area contributed by atoms with Crippen molar-refractivity contribution in [3.8, 4) is 0 Å². The van der Waals surface area contributed by atoms with Gasteiger partial charge in [0.2, 0.25) is 0 Å². The quantitative estimate of drug-likeness (QED) is 0.653. The third-order valence-electron chi connectivity index (χ3n) is 2.79. The molecule has 0 N–H and O–H groups in total. The first-order valence-corrected chi connectivity index (χ1v) is 5.00. The van der Waals surface area contributed by atoms with Crippen LogP contribution in [-0.2, 0) is 18.0 Å². The molecule has 0 nitrogen and oxygen atoms in total. The monoisotopic (exact) mass is 262 g/mol. The fourth-order valence-corrected chi connectivity index (χ4v) is 2.03. The van der Waals surface area contributed by atoms with Crippen LogP contribution in [-0.4, -0.2) is 5.75 Å². The summed E-state index contributed by atoms with van der Waals surface area (Å²) in [4.78, 5) is 0. The molecule has 1 fully saturated rings. The van der Waals surface area contributed by atoms with E-state index < -0.39 is 0 Å². The third-order valence-corrected chi connectivity index (χ3v) is 3.35. The molecule has 0 aliphatic heterocycles. The van der Waals surface area contributed by atoms with E-state index in [0.717, 1.165) is 5.75 Å². The van der Waals surface area contributed by atoms with Gasteiger partial charge < -0.3 is 12.6 Å². The predicted octanol–water partition coefficient (Wildman–Crippen LogP) is -0.422. The van der Waals surface area contributed by atoms with Crippen molar-refractivity contribution in [3.05, 3.63) is 35.4 Å². The first kappa shape index (κ1) is 12.4. The van der Waals surface area contributed by atoms with Crippen molar-refractivity contribution in [2.75, 3.05) is 5.75 Å². The third kappa shape index (κ3) is 2.69. The predicted molar refractivity (Wildman–Crippen MR) is 54.3 cm³/mol. The summed E-state index contributed by atoms with van der Waals surface area (Å²) in [7, 11) is 0. The van der Waals surface area contributed by atoms with E-state index in [1.165, 1.54) is 24.0 Å². The topological polar surface area (TPSA) is 0 Å². The molecule has 0 aromatic heterocycles. The van der Waals surface area contributed by atoms with Gasteiger partial charge in [-0.1, -0.05) is 29.8 Å². The summed E-state index contributed by atoms with van der Waals surface area (Å²) < 4.78 is 0. The molecule has 1 aliphatic carbocycles. The van der Waals surface area contributed by atoms with Gasteiger partial charge in [-0.05, 0) is 30.7 Å². The number of aryl methyl sites for hydroxylation is 1. The smallest absolute Gasteiger partial charge is 0.792 e. The van der Waals surface area contributed by atoms with Gasteiger partial charge in [0.1, 0.15) is 0 Å². The molecule has 1 aromatic carbocycles. The molecule has 1 aliphatic rings. The van der Waals surface area contributed by atoms with Crippen LogP contribution in [0.3, 0.4) is 0 Å². The Morgan fingerprint density at radius 3 is 2.15 bits per heavy atom. The van der Waals surface area contributed by atoms with E-state index in [9.17, 15) is 0 Å². The molecular weight excluding hydrogens is 250 g/mol. The van der Waals surface area contributed by atoms with Crippen LogP contribution in [0.15, 0.2) is 24.3 Å². The number of benzene rings is 1. The summed E-state index contributed by atoms with van der Waals surface area (Å²) in [6.45, 7) is 2.12. The molecule has 1 saturated carbocycles. The molecule has 0 unspecified atom stereocenters. The van der Waals surface area contributed by atoms with Crippen LogP contribution in [0.5, 0.6) is 0 Å². The minimum Gasteiger partial charge on any atom is -0.792 e. The summed E-state index contributed by atoms with van der Waals surface area (Å²) in [6, 6.07) is 8.82. The van der Waals surface area contributed by atoms with Gasteiger partial charge in [-0.3, -0.25) is 0 Å². The van der Waals surface area contributed by atoms with Crippen LogP contribution in [0.2, 0.25) is 0 Å². The van der Waals surface area contributed by atoms with Crippen LogP contribution in [0.25, 0.3) is 0 Å². The second-order valence-corrected chi connectivity index (χ2v) is 4.08. The normalized spacial score (nSPS) is 17.7. The molecule has 1 aromatic rings. The number of rotatable bonds is 2. The molecule has 0 bridgehead atoms. The van der Waals surface area contributed by atoms with Crippen LogP contribution >= 0.6 is 0 Å². The fourth-order valence-electron chi connectivity index (χ4n) is 1.57. The molecule has 2 rings (SSSR count). The second kappa shape index (κ2) is 4.93. The van der Waals surface area contributed by atoms with Gasteiger partial charge in [0.25, 0.3) is 0 Å². The SMILES string of the molecule is Cc1ccc(C2(C[S-])CC2)cc1.[Rb+]. The summed E-state index contributed by atoms with van der Waals surface area (Å²) in [6.07, 6.45) is 2.58. The van der Waals surface area contributed by atoms with Gasteiger partial charge in [0.05, 0.1) is 0 Å². The first-order chi connectivity index (χ1) is 5.77. The molecule has 13 heavy (non-hydrogen) atoms. The van der Waals surface area contributed by atoms with E-state index in [4.69, 9.17) is 12.6 Å². The molecule has 0 saturated heterocycles. The van der Waals surface area contributed by atoms with E-state index in [2.05, 4.69) is 31.2 Å². The Balaban J connectivity index is 0.000000845. The zero-order chi connectivity index (χ0) is 8.60. The zero-order valence-corrected chi connectivity index (χ0v) is 14.1. The summed E-state index contributed by atoms with van der Waals surface area (Å²) in [5.74, 6) is 0.885. The van der Waals surface area contributed by atoms with E-state index in [1.54, 1.807) is 0 Å². The zero-order valence-electron chi connectivity index (χ0n) is 8.34. The van der Waals surface area contributed by atoms with E-state index in [1.807, 2.05) is 0 Å². The Morgan fingerprint density at radius 2 is 1.77 bits per heavy atom. The van der Waals surface area contributed by atoms with Gasteiger partial charge in [-0.2, -0.15) is 5.75 Å². The van der Waals surface area contributed by atoms with Gasteiger partial charge in [-0.25, -0.2) is 0 Å². The van der Waals surface area contributed by atoms with Crippen LogP contribution in [0.1, 0.15) is 24.0 Å². The van der Waals surface area contributed by atoms with Gasteiger partial charge in [0, 0.05) is 0 Å². The Bertz CT molecular complexity index is 275. The maximum Gasteiger partial charge on any atom is 1.00 e. The van der Waals surface area contributed by atoms with E-state index in [0.29, 0.717) is 5.41 Å². The van der Waals surface area contributed by atoms with Gasteiger partial charge in [0.15, 0.2) is 0 Å². The maximum atomic E-state index is 5.17. The van der Waals surface area contributed by atoms with Crippen molar-refractivity contribution in [1.82, 2.24) is 0 Å². The Morgan fingerprint density at radius 1 is 1.23 bits per heavy atom. The molecule has 0 heterocycles. The van der Waals surface area contributed by atoms with Crippen molar-refractivity contribution in [2.24, 2.45) is 0 Å². The van der Waals surface area contributed by atoms with Gasteiger partial charge >= 0.3 is 58.2 Å². The second-order valence-electron chi connectivity index (χ2n) is 3.79. The van der Waals surface area contributed by atoms with E-state index in [-0.39, 0.29) is 58.2 Å². The Hall–Kier alpha value is 1.38. The number of hydrogen-bond donors (Lipinski definition) is 0. The minimum absolute atomic E-state index is 0. The van der Waals surface area contributed by atoms with Gasteiger partial charge in [-0.15, -0.1) is 0 Å². The maximum absolute atomic E-state index is 5.17. The number of hydrogen-bond acceptors (Lipinski definition) is 1. The van der Waals surface area contributed by atoms with Crippen molar-refractivity contribution in [2.45, 2.75) is 25.2 Å².